The normalized spacial score (nSPS) is 16.1. The van der Waals surface area contributed by atoms with E-state index in [2.05, 4.69) is 51.0 Å². The first kappa shape index (κ1) is 23.8. The lowest BCUT2D eigenvalue weighted by molar-refractivity contribution is 0.0447. The third kappa shape index (κ3) is 5.43. The van der Waals surface area contributed by atoms with Crippen molar-refractivity contribution in [2.24, 2.45) is 0 Å². The Morgan fingerprint density at radius 2 is 1.64 bits per heavy atom. The predicted molar refractivity (Wildman–Crippen MR) is 129 cm³/mol. The molecule has 2 aliphatic rings. The number of nitrogens with zero attached hydrogens (tertiary/aromatic N) is 3. The van der Waals surface area contributed by atoms with Gasteiger partial charge in [-0.3, -0.25) is 4.79 Å². The monoisotopic (exact) mass is 519 g/mol. The Morgan fingerprint density at radius 3 is 2.36 bits per heavy atom. The molecule has 0 radical (unpaired) electrons. The van der Waals surface area contributed by atoms with Gasteiger partial charge in [0.05, 0.1) is 5.56 Å². The number of fused-ring (bicyclic) bond motifs is 1. The molecule has 0 saturated carbocycles. The fraction of sp³-hybridized carbons (Fsp3) is 0.458. The summed E-state index contributed by atoms with van der Waals surface area (Å²) >= 11 is 3.53. The van der Waals surface area contributed by atoms with Crippen LogP contribution in [0.3, 0.4) is 0 Å². The standard InChI is InChI=1S/C24H30BrN3O5/c1-26-6-8-27(9-7-26)19-5-4-17-13-28(14-18(17)10-19)24(29)23-21(25)11-20(32-15-30-2)12-22(23)33-16-31-3/h4-5,10-12H,6-9,13-16H2,1-3H3. The molecule has 33 heavy (non-hydrogen) atoms. The zero-order valence-electron chi connectivity index (χ0n) is 19.3. The molecule has 0 aromatic heterocycles. The van der Waals surface area contributed by atoms with Gasteiger partial charge in [-0.05, 0) is 52.3 Å². The van der Waals surface area contributed by atoms with Gasteiger partial charge >= 0.3 is 0 Å². The van der Waals surface area contributed by atoms with Crippen LogP contribution in [-0.2, 0) is 22.6 Å². The molecule has 0 aliphatic carbocycles. The quantitative estimate of drug-likeness (QED) is 0.495. The number of hydrogen-bond donors (Lipinski definition) is 0. The van der Waals surface area contributed by atoms with Gasteiger partial charge < -0.3 is 33.6 Å². The van der Waals surface area contributed by atoms with Crippen LogP contribution in [0.4, 0.5) is 5.69 Å². The third-order valence-corrected chi connectivity index (χ3v) is 6.61. The van der Waals surface area contributed by atoms with Gasteiger partial charge in [0, 0.05) is 69.7 Å². The summed E-state index contributed by atoms with van der Waals surface area (Å²) < 4.78 is 21.9. The van der Waals surface area contributed by atoms with Crippen molar-refractivity contribution >= 4 is 27.5 Å². The second kappa shape index (κ2) is 10.7. The van der Waals surface area contributed by atoms with Gasteiger partial charge in [0.15, 0.2) is 13.6 Å². The van der Waals surface area contributed by atoms with E-state index in [0.29, 0.717) is 34.6 Å². The van der Waals surface area contributed by atoms with Crippen LogP contribution < -0.4 is 14.4 Å². The minimum absolute atomic E-state index is 0.0229. The summed E-state index contributed by atoms with van der Waals surface area (Å²) in [7, 11) is 5.24. The van der Waals surface area contributed by atoms with Crippen LogP contribution >= 0.6 is 15.9 Å². The summed E-state index contributed by atoms with van der Waals surface area (Å²) in [6, 6.07) is 9.98. The Balaban J connectivity index is 1.53. The van der Waals surface area contributed by atoms with Crippen LogP contribution in [0.15, 0.2) is 34.8 Å². The molecular weight excluding hydrogens is 490 g/mol. The molecule has 0 spiro atoms. The van der Waals surface area contributed by atoms with Crippen molar-refractivity contribution in [3.8, 4) is 11.5 Å². The number of halogens is 1. The van der Waals surface area contributed by atoms with Gasteiger partial charge in [0.2, 0.25) is 0 Å². The largest absolute Gasteiger partial charge is 0.467 e. The average molecular weight is 520 g/mol. The molecule has 0 N–H and O–H groups in total. The summed E-state index contributed by atoms with van der Waals surface area (Å²) in [6.07, 6.45) is 0. The number of benzene rings is 2. The predicted octanol–water partition coefficient (Wildman–Crippen LogP) is 3.32. The number of rotatable bonds is 8. The smallest absolute Gasteiger partial charge is 0.259 e. The number of methoxy groups -OCH3 is 2. The van der Waals surface area contributed by atoms with Gasteiger partial charge in [-0.2, -0.15) is 0 Å². The molecule has 9 heteroatoms. The Labute approximate surface area is 203 Å². The van der Waals surface area contributed by atoms with E-state index in [1.54, 1.807) is 19.2 Å². The summed E-state index contributed by atoms with van der Waals surface area (Å²) in [5, 5.41) is 0. The number of hydrogen-bond acceptors (Lipinski definition) is 7. The molecule has 2 aromatic carbocycles. The zero-order valence-corrected chi connectivity index (χ0v) is 20.9. The van der Waals surface area contributed by atoms with Crippen molar-refractivity contribution in [3.05, 3.63) is 51.5 Å². The molecule has 2 aliphatic heterocycles. The molecule has 1 fully saturated rings. The highest BCUT2D eigenvalue weighted by atomic mass is 79.9. The molecule has 8 nitrogen and oxygen atoms in total. The number of carbonyl (C=O) groups excluding carboxylic acids is 1. The van der Waals surface area contributed by atoms with Crippen molar-refractivity contribution in [1.82, 2.24) is 9.80 Å². The van der Waals surface area contributed by atoms with E-state index in [9.17, 15) is 4.79 Å². The number of likely N-dealkylation sites (N-methyl/N-ethyl adjacent to an activating group) is 1. The first-order valence-electron chi connectivity index (χ1n) is 10.9. The zero-order chi connectivity index (χ0) is 23.4. The lowest BCUT2D eigenvalue weighted by Crippen LogP contribution is -2.44. The summed E-state index contributed by atoms with van der Waals surface area (Å²) in [5.41, 5.74) is 4.04. The Bertz CT molecular complexity index is 994. The van der Waals surface area contributed by atoms with E-state index in [4.69, 9.17) is 18.9 Å². The SMILES string of the molecule is COCOc1cc(Br)c(C(=O)N2Cc3ccc(N4CCN(C)CC4)cc3C2)c(OCOC)c1. The van der Waals surface area contributed by atoms with Gasteiger partial charge in [0.25, 0.3) is 5.91 Å². The second-order valence-electron chi connectivity index (χ2n) is 8.28. The number of piperazine rings is 1. The molecule has 1 saturated heterocycles. The van der Waals surface area contributed by atoms with E-state index < -0.39 is 0 Å². The van der Waals surface area contributed by atoms with Crippen molar-refractivity contribution in [1.29, 1.82) is 0 Å². The summed E-state index contributed by atoms with van der Waals surface area (Å²) in [6.45, 7) is 5.40. The molecule has 4 rings (SSSR count). The summed E-state index contributed by atoms with van der Waals surface area (Å²) in [4.78, 5) is 20.2. The lowest BCUT2D eigenvalue weighted by Gasteiger charge is -2.34. The van der Waals surface area contributed by atoms with E-state index in [0.717, 1.165) is 26.2 Å². The number of ether oxygens (including phenoxy) is 4. The molecule has 0 bridgehead atoms. The molecular formula is C24H30BrN3O5. The van der Waals surface area contributed by atoms with Gasteiger partial charge in [-0.1, -0.05) is 6.07 Å². The summed E-state index contributed by atoms with van der Waals surface area (Å²) in [5.74, 6) is 0.827. The highest BCUT2D eigenvalue weighted by molar-refractivity contribution is 9.10. The van der Waals surface area contributed by atoms with Crippen LogP contribution in [0.5, 0.6) is 11.5 Å². The minimum Gasteiger partial charge on any atom is -0.467 e. The molecule has 0 atom stereocenters. The Morgan fingerprint density at radius 1 is 0.939 bits per heavy atom. The van der Waals surface area contributed by atoms with Crippen LogP contribution in [0.2, 0.25) is 0 Å². The topological polar surface area (TPSA) is 63.7 Å². The first-order chi connectivity index (χ1) is 16.0. The highest BCUT2D eigenvalue weighted by Crippen LogP contribution is 2.36. The van der Waals surface area contributed by atoms with Crippen molar-refractivity contribution in [3.63, 3.8) is 0 Å². The fourth-order valence-corrected chi connectivity index (χ4v) is 4.75. The van der Waals surface area contributed by atoms with Crippen molar-refractivity contribution in [2.75, 3.05) is 65.9 Å². The molecule has 178 valence electrons. The lowest BCUT2D eigenvalue weighted by atomic mass is 10.1. The maximum absolute atomic E-state index is 13.6. The highest BCUT2D eigenvalue weighted by Gasteiger charge is 2.29. The number of amides is 1. The molecule has 0 unspecified atom stereocenters. The van der Waals surface area contributed by atoms with E-state index in [1.165, 1.54) is 23.9 Å². The maximum atomic E-state index is 13.6. The van der Waals surface area contributed by atoms with Gasteiger partial charge in [-0.15, -0.1) is 0 Å². The van der Waals surface area contributed by atoms with E-state index in [-0.39, 0.29) is 19.5 Å². The van der Waals surface area contributed by atoms with Gasteiger partial charge in [-0.25, -0.2) is 0 Å². The van der Waals surface area contributed by atoms with Crippen molar-refractivity contribution in [2.45, 2.75) is 13.1 Å². The van der Waals surface area contributed by atoms with Crippen LogP contribution in [0, 0.1) is 0 Å². The Kier molecular flexibility index (Phi) is 7.75. The van der Waals surface area contributed by atoms with Crippen LogP contribution in [0.25, 0.3) is 0 Å². The molecule has 2 aromatic rings. The number of anilines is 1. The van der Waals surface area contributed by atoms with E-state index in [1.807, 2.05) is 4.90 Å². The molecule has 2 heterocycles. The maximum Gasteiger partial charge on any atom is 0.259 e. The third-order valence-electron chi connectivity index (χ3n) is 5.99. The second-order valence-corrected chi connectivity index (χ2v) is 9.14. The van der Waals surface area contributed by atoms with Crippen LogP contribution in [0.1, 0.15) is 21.5 Å². The molecule has 1 amide bonds. The Hall–Kier alpha value is -2.33. The number of carbonyl (C=O) groups is 1. The fourth-order valence-electron chi connectivity index (χ4n) is 4.16. The van der Waals surface area contributed by atoms with Crippen LogP contribution in [-0.4, -0.2) is 76.7 Å². The first-order valence-corrected chi connectivity index (χ1v) is 11.7. The van der Waals surface area contributed by atoms with E-state index >= 15 is 0 Å². The minimum atomic E-state index is -0.108. The average Bonchev–Trinajstić information content (AvgIpc) is 3.25. The van der Waals surface area contributed by atoms with Gasteiger partial charge in [0.1, 0.15) is 11.5 Å². The van der Waals surface area contributed by atoms with Crippen molar-refractivity contribution < 1.29 is 23.7 Å².